The first-order valence-corrected chi connectivity index (χ1v) is 5.88. The maximum atomic E-state index is 11.9. The number of carbonyl (C=O) groups is 2. The average molecular weight is 263 g/mol. The van der Waals surface area contributed by atoms with Gasteiger partial charge in [-0.2, -0.15) is 0 Å². The van der Waals surface area contributed by atoms with Gasteiger partial charge in [0.05, 0.1) is 11.3 Å². The summed E-state index contributed by atoms with van der Waals surface area (Å²) in [7, 11) is 0. The molecule has 1 aliphatic heterocycles. The van der Waals surface area contributed by atoms with Gasteiger partial charge in [0.25, 0.3) is 11.6 Å². The molecule has 100 valence electrons. The largest absolute Gasteiger partial charge is 0.373 e. The second-order valence-corrected chi connectivity index (χ2v) is 4.18. The van der Waals surface area contributed by atoms with Crippen LogP contribution in [0.1, 0.15) is 13.3 Å². The maximum Gasteiger partial charge on any atom is 0.271 e. The third-order valence-electron chi connectivity index (χ3n) is 2.96. The van der Waals surface area contributed by atoms with Crippen LogP contribution < -0.4 is 5.32 Å². The highest BCUT2D eigenvalue weighted by molar-refractivity contribution is 6.06. The lowest BCUT2D eigenvalue weighted by molar-refractivity contribution is -0.384. The van der Waals surface area contributed by atoms with Gasteiger partial charge in [0.1, 0.15) is 6.04 Å². The van der Waals surface area contributed by atoms with Crippen molar-refractivity contribution in [2.75, 3.05) is 11.9 Å². The van der Waals surface area contributed by atoms with Crippen LogP contribution in [0.3, 0.4) is 0 Å². The van der Waals surface area contributed by atoms with E-state index in [2.05, 4.69) is 5.32 Å². The molecule has 1 aliphatic rings. The number of non-ortho nitro benzene ring substituents is 1. The number of anilines is 1. The van der Waals surface area contributed by atoms with Gasteiger partial charge < -0.3 is 5.32 Å². The van der Waals surface area contributed by atoms with Crippen molar-refractivity contribution in [3.05, 3.63) is 34.4 Å². The highest BCUT2D eigenvalue weighted by atomic mass is 16.6. The summed E-state index contributed by atoms with van der Waals surface area (Å²) in [5.74, 6) is -0.519. The van der Waals surface area contributed by atoms with Gasteiger partial charge in [-0.05, 0) is 13.0 Å². The topological polar surface area (TPSA) is 92.6 Å². The molecular weight excluding hydrogens is 250 g/mol. The summed E-state index contributed by atoms with van der Waals surface area (Å²) in [5.41, 5.74) is 0.396. The van der Waals surface area contributed by atoms with Gasteiger partial charge in [-0.25, -0.2) is 0 Å². The number of nitrogens with zero attached hydrogens (tertiary/aromatic N) is 2. The summed E-state index contributed by atoms with van der Waals surface area (Å²) in [5, 5.41) is 13.5. The average Bonchev–Trinajstić information content (AvgIpc) is 2.64. The van der Waals surface area contributed by atoms with Crippen molar-refractivity contribution >= 4 is 23.2 Å². The van der Waals surface area contributed by atoms with Crippen molar-refractivity contribution in [3.63, 3.8) is 0 Å². The van der Waals surface area contributed by atoms with Gasteiger partial charge in [-0.3, -0.25) is 24.6 Å². The molecule has 7 nitrogen and oxygen atoms in total. The number of likely N-dealkylation sites (N-methyl/N-ethyl adjacent to an activating group) is 1. The summed E-state index contributed by atoms with van der Waals surface area (Å²) in [4.78, 5) is 34.7. The number of imide groups is 1. The quantitative estimate of drug-likeness (QED) is 0.499. The fourth-order valence-electron chi connectivity index (χ4n) is 2.04. The van der Waals surface area contributed by atoms with Crippen LogP contribution in [0.4, 0.5) is 11.4 Å². The van der Waals surface area contributed by atoms with Gasteiger partial charge in [0, 0.05) is 24.4 Å². The summed E-state index contributed by atoms with van der Waals surface area (Å²) < 4.78 is 0. The minimum absolute atomic E-state index is 0.0610. The maximum absolute atomic E-state index is 11.9. The van der Waals surface area contributed by atoms with Crippen LogP contribution in [0.2, 0.25) is 0 Å². The number of nitro groups is 1. The fraction of sp³-hybridized carbons (Fsp3) is 0.333. The number of carbonyl (C=O) groups excluding carboxylic acids is 2. The molecule has 0 aromatic heterocycles. The van der Waals surface area contributed by atoms with E-state index >= 15 is 0 Å². The number of nitro benzene ring substituents is 1. The second kappa shape index (κ2) is 5.05. The molecule has 1 N–H and O–H groups in total. The van der Waals surface area contributed by atoms with Crippen molar-refractivity contribution in [2.24, 2.45) is 0 Å². The van der Waals surface area contributed by atoms with E-state index in [4.69, 9.17) is 0 Å². The van der Waals surface area contributed by atoms with Gasteiger partial charge in [0.15, 0.2) is 0 Å². The number of hydrogen-bond acceptors (Lipinski definition) is 5. The SMILES string of the molecule is CCN1C(=O)CC(Nc2cccc([N+](=O)[O-])c2)C1=O. The predicted octanol–water partition coefficient (Wildman–Crippen LogP) is 1.15. The molecule has 2 rings (SSSR count). The Balaban J connectivity index is 2.14. The predicted molar refractivity (Wildman–Crippen MR) is 67.5 cm³/mol. The molecule has 1 atom stereocenters. The van der Waals surface area contributed by atoms with Crippen LogP contribution in [0.5, 0.6) is 0 Å². The molecule has 0 saturated carbocycles. The molecule has 1 fully saturated rings. The molecule has 1 unspecified atom stereocenters. The van der Waals surface area contributed by atoms with Crippen LogP contribution >= 0.6 is 0 Å². The lowest BCUT2D eigenvalue weighted by atomic mass is 10.2. The zero-order valence-electron chi connectivity index (χ0n) is 10.3. The molecule has 1 aromatic carbocycles. The molecule has 7 heteroatoms. The van der Waals surface area contributed by atoms with E-state index in [1.54, 1.807) is 13.0 Å². The minimum Gasteiger partial charge on any atom is -0.373 e. The van der Waals surface area contributed by atoms with Crippen molar-refractivity contribution in [1.29, 1.82) is 0 Å². The third-order valence-corrected chi connectivity index (χ3v) is 2.96. The Morgan fingerprint density at radius 1 is 1.47 bits per heavy atom. The monoisotopic (exact) mass is 263 g/mol. The zero-order valence-corrected chi connectivity index (χ0v) is 10.3. The van der Waals surface area contributed by atoms with E-state index in [-0.39, 0.29) is 23.9 Å². The van der Waals surface area contributed by atoms with Gasteiger partial charge >= 0.3 is 0 Å². The Morgan fingerprint density at radius 2 is 2.21 bits per heavy atom. The Bertz CT molecular complexity index is 544. The Morgan fingerprint density at radius 3 is 2.79 bits per heavy atom. The Labute approximate surface area is 109 Å². The smallest absolute Gasteiger partial charge is 0.271 e. The molecule has 0 bridgehead atoms. The van der Waals surface area contributed by atoms with Crippen LogP contribution in [-0.2, 0) is 9.59 Å². The van der Waals surface area contributed by atoms with Crippen molar-refractivity contribution in [3.8, 4) is 0 Å². The van der Waals surface area contributed by atoms with Gasteiger partial charge in [-0.1, -0.05) is 6.07 Å². The normalized spacial score (nSPS) is 18.8. The summed E-state index contributed by atoms with van der Waals surface area (Å²) >= 11 is 0. The van der Waals surface area contributed by atoms with Gasteiger partial charge in [-0.15, -0.1) is 0 Å². The van der Waals surface area contributed by atoms with E-state index < -0.39 is 11.0 Å². The molecule has 2 amide bonds. The molecule has 19 heavy (non-hydrogen) atoms. The molecular formula is C12H13N3O4. The lowest BCUT2D eigenvalue weighted by Crippen LogP contribution is -2.34. The number of rotatable bonds is 4. The number of likely N-dealkylation sites (tertiary alicyclic amines) is 1. The lowest BCUT2D eigenvalue weighted by Gasteiger charge is -2.13. The molecule has 0 aliphatic carbocycles. The molecule has 1 aromatic rings. The number of nitrogens with one attached hydrogen (secondary N) is 1. The van der Waals surface area contributed by atoms with Crippen molar-refractivity contribution in [1.82, 2.24) is 4.90 Å². The van der Waals surface area contributed by atoms with E-state index in [0.717, 1.165) is 0 Å². The molecule has 0 radical (unpaired) electrons. The first-order valence-electron chi connectivity index (χ1n) is 5.88. The third kappa shape index (κ3) is 2.54. The van der Waals surface area contributed by atoms with E-state index in [0.29, 0.717) is 12.2 Å². The van der Waals surface area contributed by atoms with Crippen LogP contribution in [0.15, 0.2) is 24.3 Å². The highest BCUT2D eigenvalue weighted by Gasteiger charge is 2.37. The highest BCUT2D eigenvalue weighted by Crippen LogP contribution is 2.21. The van der Waals surface area contributed by atoms with Crippen LogP contribution in [0, 0.1) is 10.1 Å². The second-order valence-electron chi connectivity index (χ2n) is 4.18. The molecule has 0 spiro atoms. The van der Waals surface area contributed by atoms with Crippen LogP contribution in [-0.4, -0.2) is 34.2 Å². The zero-order chi connectivity index (χ0) is 14.0. The van der Waals surface area contributed by atoms with E-state index in [9.17, 15) is 19.7 Å². The Hall–Kier alpha value is -2.44. The first-order chi connectivity index (χ1) is 9.02. The number of amides is 2. The minimum atomic E-state index is -0.644. The summed E-state index contributed by atoms with van der Waals surface area (Å²) in [6.07, 6.45) is 0.0787. The number of benzene rings is 1. The van der Waals surface area contributed by atoms with E-state index in [1.165, 1.54) is 23.1 Å². The Kier molecular flexibility index (Phi) is 3.46. The number of hydrogen-bond donors (Lipinski definition) is 1. The van der Waals surface area contributed by atoms with Crippen molar-refractivity contribution in [2.45, 2.75) is 19.4 Å². The summed E-state index contributed by atoms with van der Waals surface area (Å²) in [6.45, 7) is 2.07. The van der Waals surface area contributed by atoms with E-state index in [1.807, 2.05) is 0 Å². The molecule has 1 saturated heterocycles. The molecule has 1 heterocycles. The standard InChI is InChI=1S/C12H13N3O4/c1-2-14-11(16)7-10(12(14)17)13-8-4-3-5-9(6-8)15(18)19/h3-6,10,13H,2,7H2,1H3. The summed E-state index contributed by atoms with van der Waals surface area (Å²) in [6, 6.07) is 5.21. The van der Waals surface area contributed by atoms with Crippen molar-refractivity contribution < 1.29 is 14.5 Å². The van der Waals surface area contributed by atoms with Crippen LogP contribution in [0.25, 0.3) is 0 Å². The van der Waals surface area contributed by atoms with Gasteiger partial charge in [0.2, 0.25) is 5.91 Å². The fourth-order valence-corrected chi connectivity index (χ4v) is 2.04. The first kappa shape index (κ1) is 13.0.